The predicted octanol–water partition coefficient (Wildman–Crippen LogP) is 2.69. The zero-order valence-corrected chi connectivity index (χ0v) is 16.1. The van der Waals surface area contributed by atoms with Crippen LogP contribution in [0, 0.1) is 11.8 Å². The Labute approximate surface area is 156 Å². The SMILES string of the molecule is CC(CC(=O)N1CCCCC1c1nnc2n1CCCC2)C1CCCNC1. The fraction of sp³-hybridized carbons (Fsp3) is 0.850. The van der Waals surface area contributed by atoms with Gasteiger partial charge >= 0.3 is 0 Å². The third-order valence-corrected chi connectivity index (χ3v) is 6.65. The zero-order valence-electron chi connectivity index (χ0n) is 16.1. The third kappa shape index (κ3) is 3.66. The third-order valence-electron chi connectivity index (χ3n) is 6.65. The van der Waals surface area contributed by atoms with Gasteiger partial charge in [0.25, 0.3) is 0 Å². The van der Waals surface area contributed by atoms with E-state index in [1.807, 2.05) is 0 Å². The molecule has 0 radical (unpaired) electrons. The van der Waals surface area contributed by atoms with E-state index in [0.717, 1.165) is 57.1 Å². The lowest BCUT2D eigenvalue weighted by atomic mass is 9.85. The Kier molecular flexibility index (Phi) is 5.57. The topological polar surface area (TPSA) is 63.1 Å². The first-order chi connectivity index (χ1) is 12.7. The number of likely N-dealkylation sites (tertiary alicyclic amines) is 1. The maximum Gasteiger partial charge on any atom is 0.223 e. The lowest BCUT2D eigenvalue weighted by molar-refractivity contribution is -0.136. The van der Waals surface area contributed by atoms with Crippen molar-refractivity contribution in [2.24, 2.45) is 11.8 Å². The summed E-state index contributed by atoms with van der Waals surface area (Å²) in [7, 11) is 0. The normalized spacial score (nSPS) is 27.8. The van der Waals surface area contributed by atoms with E-state index in [9.17, 15) is 4.79 Å². The van der Waals surface area contributed by atoms with Gasteiger partial charge in [-0.25, -0.2) is 0 Å². The van der Waals surface area contributed by atoms with Crippen LogP contribution in [0.4, 0.5) is 0 Å². The Morgan fingerprint density at radius 1 is 1.15 bits per heavy atom. The van der Waals surface area contributed by atoms with Crippen LogP contribution in [-0.4, -0.2) is 45.2 Å². The Bertz CT molecular complexity index is 622. The van der Waals surface area contributed by atoms with Gasteiger partial charge in [0.05, 0.1) is 6.04 Å². The lowest BCUT2D eigenvalue weighted by Gasteiger charge is -2.37. The quantitative estimate of drug-likeness (QED) is 0.898. The summed E-state index contributed by atoms with van der Waals surface area (Å²) in [5.74, 6) is 3.56. The number of rotatable bonds is 4. The number of aryl methyl sites for hydroxylation is 1. The van der Waals surface area contributed by atoms with Crippen LogP contribution in [0.2, 0.25) is 0 Å². The molecule has 6 nitrogen and oxygen atoms in total. The average Bonchev–Trinajstić information content (AvgIpc) is 3.12. The van der Waals surface area contributed by atoms with E-state index < -0.39 is 0 Å². The van der Waals surface area contributed by atoms with E-state index in [4.69, 9.17) is 0 Å². The Morgan fingerprint density at radius 2 is 2.04 bits per heavy atom. The first-order valence-electron chi connectivity index (χ1n) is 10.7. The second-order valence-electron chi connectivity index (χ2n) is 8.47. The molecule has 2 saturated heterocycles. The van der Waals surface area contributed by atoms with E-state index >= 15 is 0 Å². The Balaban J connectivity index is 1.46. The molecule has 1 amide bonds. The number of nitrogens with zero attached hydrogens (tertiary/aromatic N) is 4. The van der Waals surface area contributed by atoms with E-state index in [-0.39, 0.29) is 6.04 Å². The number of carbonyl (C=O) groups is 1. The maximum atomic E-state index is 13.2. The largest absolute Gasteiger partial charge is 0.332 e. The van der Waals surface area contributed by atoms with Gasteiger partial charge in [-0.3, -0.25) is 4.79 Å². The van der Waals surface area contributed by atoms with Crippen LogP contribution in [0.3, 0.4) is 0 Å². The molecule has 144 valence electrons. The molecule has 4 rings (SSSR count). The van der Waals surface area contributed by atoms with Gasteiger partial charge in [0.15, 0.2) is 5.82 Å². The number of carbonyl (C=O) groups excluding carboxylic acids is 1. The number of piperidine rings is 2. The molecule has 0 spiro atoms. The van der Waals surface area contributed by atoms with Crippen molar-refractivity contribution < 1.29 is 4.79 Å². The minimum Gasteiger partial charge on any atom is -0.332 e. The van der Waals surface area contributed by atoms with Crippen molar-refractivity contribution in [3.05, 3.63) is 11.6 Å². The molecule has 3 aliphatic rings. The standard InChI is InChI=1S/C20H33N5O/c1-15(16-7-6-10-21-14-16)13-19(26)24-11-4-2-8-17(24)20-23-22-18-9-3-5-12-25(18)20/h15-17,21H,2-14H2,1H3. The van der Waals surface area contributed by atoms with Crippen LogP contribution in [0.25, 0.3) is 0 Å². The van der Waals surface area contributed by atoms with E-state index in [0.29, 0.717) is 24.2 Å². The summed E-state index contributed by atoms with van der Waals surface area (Å²) in [4.78, 5) is 15.3. The van der Waals surface area contributed by atoms with Gasteiger partial charge in [0, 0.05) is 25.9 Å². The molecule has 2 fully saturated rings. The van der Waals surface area contributed by atoms with Gasteiger partial charge < -0.3 is 14.8 Å². The summed E-state index contributed by atoms with van der Waals surface area (Å²) < 4.78 is 2.30. The molecule has 6 heteroatoms. The minimum atomic E-state index is 0.132. The highest BCUT2D eigenvalue weighted by atomic mass is 16.2. The van der Waals surface area contributed by atoms with Crippen LogP contribution in [0.15, 0.2) is 0 Å². The molecule has 1 aromatic rings. The van der Waals surface area contributed by atoms with Crippen molar-refractivity contribution in [1.29, 1.82) is 0 Å². The molecule has 1 aromatic heterocycles. The number of amides is 1. The molecular formula is C20H33N5O. The van der Waals surface area contributed by atoms with Crippen molar-refractivity contribution in [3.63, 3.8) is 0 Å². The molecule has 0 aliphatic carbocycles. The molecule has 26 heavy (non-hydrogen) atoms. The van der Waals surface area contributed by atoms with Crippen LogP contribution in [0.5, 0.6) is 0 Å². The summed E-state index contributed by atoms with van der Waals surface area (Å²) in [6, 6.07) is 0.132. The molecule has 3 aliphatic heterocycles. The highest BCUT2D eigenvalue weighted by molar-refractivity contribution is 5.77. The Morgan fingerprint density at radius 3 is 2.88 bits per heavy atom. The van der Waals surface area contributed by atoms with Crippen molar-refractivity contribution in [1.82, 2.24) is 25.0 Å². The van der Waals surface area contributed by atoms with Crippen LogP contribution in [0.1, 0.15) is 76.0 Å². The number of aromatic nitrogens is 3. The fourth-order valence-corrected chi connectivity index (χ4v) is 5.00. The molecule has 0 saturated carbocycles. The number of hydrogen-bond acceptors (Lipinski definition) is 4. The van der Waals surface area contributed by atoms with Crippen molar-refractivity contribution in [3.8, 4) is 0 Å². The summed E-state index contributed by atoms with van der Waals surface area (Å²) in [6.45, 7) is 6.34. The monoisotopic (exact) mass is 359 g/mol. The minimum absolute atomic E-state index is 0.132. The summed E-state index contributed by atoms with van der Waals surface area (Å²) in [5.41, 5.74) is 0. The molecular weight excluding hydrogens is 326 g/mol. The summed E-state index contributed by atoms with van der Waals surface area (Å²) in [5, 5.41) is 12.4. The maximum absolute atomic E-state index is 13.2. The van der Waals surface area contributed by atoms with Crippen LogP contribution in [-0.2, 0) is 17.8 Å². The van der Waals surface area contributed by atoms with Gasteiger partial charge in [-0.15, -0.1) is 10.2 Å². The highest BCUT2D eigenvalue weighted by Crippen LogP contribution is 2.33. The zero-order chi connectivity index (χ0) is 17.9. The van der Waals surface area contributed by atoms with Gasteiger partial charge in [0.2, 0.25) is 5.91 Å². The second kappa shape index (κ2) is 8.07. The first-order valence-corrected chi connectivity index (χ1v) is 10.7. The van der Waals surface area contributed by atoms with Gasteiger partial charge in [-0.1, -0.05) is 6.92 Å². The molecule has 0 aromatic carbocycles. The highest BCUT2D eigenvalue weighted by Gasteiger charge is 2.34. The number of nitrogens with one attached hydrogen (secondary N) is 1. The molecule has 0 bridgehead atoms. The van der Waals surface area contributed by atoms with Gasteiger partial charge in [-0.2, -0.15) is 0 Å². The Hall–Kier alpha value is -1.43. The fourth-order valence-electron chi connectivity index (χ4n) is 5.00. The van der Waals surface area contributed by atoms with Crippen LogP contribution < -0.4 is 5.32 Å². The smallest absolute Gasteiger partial charge is 0.223 e. The molecule has 1 N–H and O–H groups in total. The molecule has 4 heterocycles. The summed E-state index contributed by atoms with van der Waals surface area (Å²) in [6.07, 6.45) is 9.92. The van der Waals surface area contributed by atoms with Gasteiger partial charge in [-0.05, 0) is 69.9 Å². The average molecular weight is 360 g/mol. The number of hydrogen-bond donors (Lipinski definition) is 1. The van der Waals surface area contributed by atoms with Crippen molar-refractivity contribution >= 4 is 5.91 Å². The number of fused-ring (bicyclic) bond motifs is 1. The van der Waals surface area contributed by atoms with Crippen molar-refractivity contribution in [2.45, 2.75) is 77.3 Å². The van der Waals surface area contributed by atoms with Crippen molar-refractivity contribution in [2.75, 3.05) is 19.6 Å². The molecule has 3 unspecified atom stereocenters. The van der Waals surface area contributed by atoms with E-state index in [1.54, 1.807) is 0 Å². The van der Waals surface area contributed by atoms with E-state index in [1.165, 1.54) is 32.1 Å². The van der Waals surface area contributed by atoms with Gasteiger partial charge in [0.1, 0.15) is 5.82 Å². The lowest BCUT2D eigenvalue weighted by Crippen LogP contribution is -2.42. The van der Waals surface area contributed by atoms with Crippen LogP contribution >= 0.6 is 0 Å². The molecule has 3 atom stereocenters. The first kappa shape index (κ1) is 18.0. The second-order valence-corrected chi connectivity index (χ2v) is 8.47. The van der Waals surface area contributed by atoms with E-state index in [2.05, 4.69) is 31.9 Å². The summed E-state index contributed by atoms with van der Waals surface area (Å²) >= 11 is 0. The predicted molar refractivity (Wildman–Crippen MR) is 101 cm³/mol.